The minimum atomic E-state index is -0.756. The summed E-state index contributed by atoms with van der Waals surface area (Å²) in [7, 11) is 4.60. The maximum Gasteiger partial charge on any atom is 0.347 e. The molecular formula is C35H32IN5O9. The molecule has 0 fully saturated rings. The predicted octanol–water partition coefficient (Wildman–Crippen LogP) is 2.86. The second-order valence-electron chi connectivity index (χ2n) is 12.1. The molecule has 3 aliphatic rings. The zero-order chi connectivity index (χ0) is 35.6. The number of ketones is 2. The molecule has 0 amide bonds. The molecule has 1 N–H and O–H groups in total. The monoisotopic (exact) mass is 793 g/mol. The van der Waals surface area contributed by atoms with Crippen molar-refractivity contribution in [2.24, 2.45) is 7.05 Å². The Morgan fingerprint density at radius 2 is 1.74 bits per heavy atom. The van der Waals surface area contributed by atoms with Gasteiger partial charge in [-0.3, -0.25) is 14.4 Å². The minimum absolute atomic E-state index is 0.0110. The summed E-state index contributed by atoms with van der Waals surface area (Å²) < 4.78 is 21.9. The molecule has 7 rings (SSSR count). The zero-order valence-corrected chi connectivity index (χ0v) is 29.7. The molecule has 50 heavy (non-hydrogen) atoms. The Morgan fingerprint density at radius 1 is 1.00 bits per heavy atom. The first-order valence-corrected chi connectivity index (χ1v) is 17.0. The third kappa shape index (κ3) is 5.13. The number of aromatic hydroxyl groups is 1. The maximum absolute atomic E-state index is 14.1. The van der Waals surface area contributed by atoms with Crippen molar-refractivity contribution in [3.8, 4) is 23.0 Å². The van der Waals surface area contributed by atoms with Gasteiger partial charge in [0.25, 0.3) is 5.56 Å². The van der Waals surface area contributed by atoms with Crippen LogP contribution >= 0.6 is 22.6 Å². The number of Topliss-reactive ketones (excluding diaryl/α,β-unsaturated/α-hetero) is 1. The van der Waals surface area contributed by atoms with Gasteiger partial charge in [-0.15, -0.1) is 0 Å². The number of carbonyl (C=O) groups is 2. The van der Waals surface area contributed by atoms with Gasteiger partial charge in [0, 0.05) is 61.7 Å². The van der Waals surface area contributed by atoms with Gasteiger partial charge in [-0.05, 0) is 52.8 Å². The number of rotatable bonds is 8. The molecular weight excluding hydrogens is 761 g/mol. The van der Waals surface area contributed by atoms with Crippen molar-refractivity contribution in [1.82, 2.24) is 23.5 Å². The zero-order valence-electron chi connectivity index (χ0n) is 27.6. The molecule has 258 valence electrons. The van der Waals surface area contributed by atoms with Crippen LogP contribution in [0.4, 0.5) is 0 Å². The predicted molar refractivity (Wildman–Crippen MR) is 190 cm³/mol. The van der Waals surface area contributed by atoms with Gasteiger partial charge in [0.2, 0.25) is 0 Å². The molecule has 15 heteroatoms. The molecule has 2 aromatic heterocycles. The lowest BCUT2D eigenvalue weighted by Gasteiger charge is -2.39. The van der Waals surface area contributed by atoms with Gasteiger partial charge in [-0.1, -0.05) is 12.1 Å². The van der Waals surface area contributed by atoms with Crippen LogP contribution in [0.3, 0.4) is 0 Å². The Hall–Kier alpha value is -5.19. The van der Waals surface area contributed by atoms with E-state index in [2.05, 4.69) is 4.98 Å². The van der Waals surface area contributed by atoms with E-state index in [1.165, 1.54) is 40.3 Å². The molecule has 0 radical (unpaired) electrons. The van der Waals surface area contributed by atoms with E-state index in [1.807, 2.05) is 28.7 Å². The van der Waals surface area contributed by atoms with Crippen molar-refractivity contribution >= 4 is 45.2 Å². The fourth-order valence-corrected chi connectivity index (χ4v) is 7.73. The number of hydrogen-bond donors (Lipinski definition) is 1. The Kier molecular flexibility index (Phi) is 8.40. The Morgan fingerprint density at radius 3 is 2.46 bits per heavy atom. The van der Waals surface area contributed by atoms with Gasteiger partial charge in [0.1, 0.15) is 5.69 Å². The Bertz CT molecular complexity index is 2430. The highest BCUT2D eigenvalue weighted by molar-refractivity contribution is 14.1. The number of hydrogen-bond acceptors (Lipinski definition) is 10. The smallest absolute Gasteiger partial charge is 0.347 e. The van der Waals surface area contributed by atoms with E-state index >= 15 is 0 Å². The summed E-state index contributed by atoms with van der Waals surface area (Å²) in [5, 5.41) is 10.4. The molecule has 14 nitrogen and oxygen atoms in total. The number of benzene rings is 2. The molecule has 0 spiro atoms. The highest BCUT2D eigenvalue weighted by atomic mass is 127. The van der Waals surface area contributed by atoms with Gasteiger partial charge >= 0.3 is 11.4 Å². The summed E-state index contributed by atoms with van der Waals surface area (Å²) in [6, 6.07) is 7.33. The third-order valence-corrected chi connectivity index (χ3v) is 10.3. The summed E-state index contributed by atoms with van der Waals surface area (Å²) >= 11 is 1.86. The average Bonchev–Trinajstić information content (AvgIpc) is 3.36. The summed E-state index contributed by atoms with van der Waals surface area (Å²) in [4.78, 5) is 72.9. The first-order chi connectivity index (χ1) is 24.0. The van der Waals surface area contributed by atoms with Gasteiger partial charge in [-0.2, -0.15) is 0 Å². The van der Waals surface area contributed by atoms with E-state index in [0.29, 0.717) is 39.2 Å². The molecule has 0 saturated carbocycles. The van der Waals surface area contributed by atoms with E-state index < -0.39 is 23.3 Å². The number of nitrogens with zero attached hydrogens (tertiary/aromatic N) is 5. The lowest BCUT2D eigenvalue weighted by Crippen LogP contribution is -2.40. The van der Waals surface area contributed by atoms with Crippen LogP contribution in [0.1, 0.15) is 36.6 Å². The first-order valence-electron chi connectivity index (χ1n) is 15.9. The van der Waals surface area contributed by atoms with Crippen LogP contribution in [0.2, 0.25) is 0 Å². The van der Waals surface area contributed by atoms with E-state index in [1.54, 1.807) is 38.2 Å². The van der Waals surface area contributed by atoms with Crippen molar-refractivity contribution in [1.29, 1.82) is 0 Å². The normalized spacial score (nSPS) is 18.3. The summed E-state index contributed by atoms with van der Waals surface area (Å²) in [5.41, 5.74) is 1.44. The number of allylic oxidation sites excluding steroid dienone is 6. The quantitative estimate of drug-likeness (QED) is 0.159. The topological polar surface area (TPSA) is 166 Å². The SMILES string of the molecule is CCOc1cc(C2C3=CCn4c(=O)n(CCc5nc6cc(OC)c(OC)cc6n(C)c5=O)c(=O)n4C3CC3=C2C(=O)C(I)=CC3=O)ccc1O. The highest BCUT2D eigenvalue weighted by Gasteiger charge is 2.45. The largest absolute Gasteiger partial charge is 0.504 e. The Labute approximate surface area is 297 Å². The van der Waals surface area contributed by atoms with Crippen molar-refractivity contribution in [2.45, 2.75) is 44.8 Å². The molecule has 0 saturated heterocycles. The average molecular weight is 794 g/mol. The molecule has 2 aromatic carbocycles. The molecule has 2 unspecified atom stereocenters. The number of ether oxygens (including phenoxy) is 3. The highest BCUT2D eigenvalue weighted by Crippen LogP contribution is 2.51. The summed E-state index contributed by atoms with van der Waals surface area (Å²) in [6.45, 7) is 1.98. The van der Waals surface area contributed by atoms with Crippen molar-refractivity contribution in [3.05, 3.63) is 105 Å². The second kappa shape index (κ2) is 12.6. The maximum atomic E-state index is 14.1. The fraction of sp³-hybridized carbons (Fsp3) is 0.314. The van der Waals surface area contributed by atoms with Crippen molar-refractivity contribution < 1.29 is 28.9 Å². The number of aromatic nitrogens is 5. The van der Waals surface area contributed by atoms with Crippen molar-refractivity contribution in [2.75, 3.05) is 20.8 Å². The van der Waals surface area contributed by atoms with Gasteiger partial charge in [0.05, 0.1) is 48.0 Å². The summed E-state index contributed by atoms with van der Waals surface area (Å²) in [6.07, 6.45) is 3.13. The van der Waals surface area contributed by atoms with E-state index in [9.17, 15) is 29.1 Å². The van der Waals surface area contributed by atoms with Crippen LogP contribution in [0.25, 0.3) is 11.0 Å². The van der Waals surface area contributed by atoms with E-state index in [0.717, 1.165) is 4.57 Å². The number of methoxy groups -OCH3 is 2. The molecule has 1 aliphatic heterocycles. The number of fused-ring (bicyclic) bond motifs is 4. The Balaban J connectivity index is 1.29. The standard InChI is InChI=1S/C35H32IN5O9/c1-5-50-27-12-17(6-7-25(27)42)30-18-8-11-40-34(46)39(35(47)41(40)23(18)13-19-26(43)14-20(36)32(44)31(19)30)10-9-21-33(45)38(2)24-16-29(49-4)28(48-3)15-22(24)37-21/h6-8,12,14-16,23,30,42H,5,9-11,13H2,1-4H3. The molecule has 2 atom stereocenters. The lowest BCUT2D eigenvalue weighted by molar-refractivity contribution is -0.115. The van der Waals surface area contributed by atoms with Gasteiger partial charge in [0.15, 0.2) is 34.6 Å². The molecule has 4 aromatic rings. The molecule has 2 aliphatic carbocycles. The van der Waals surface area contributed by atoms with Crippen LogP contribution in [0.5, 0.6) is 23.0 Å². The molecule has 3 heterocycles. The van der Waals surface area contributed by atoms with Gasteiger partial charge < -0.3 is 23.9 Å². The fourth-order valence-electron chi connectivity index (χ4n) is 7.16. The van der Waals surface area contributed by atoms with E-state index in [4.69, 9.17) is 14.2 Å². The number of aryl methyl sites for hydroxylation is 2. The number of phenolic OH excluding ortho intramolecular Hbond substituents is 1. The third-order valence-electron chi connectivity index (χ3n) is 9.52. The van der Waals surface area contributed by atoms with Crippen LogP contribution in [0, 0.1) is 0 Å². The number of phenols is 1. The van der Waals surface area contributed by atoms with Crippen LogP contribution in [0.15, 0.2) is 77.2 Å². The van der Waals surface area contributed by atoms with Crippen LogP contribution < -0.4 is 31.1 Å². The minimum Gasteiger partial charge on any atom is -0.504 e. The number of carbonyl (C=O) groups excluding carboxylic acids is 2. The number of halogens is 1. The van der Waals surface area contributed by atoms with Crippen molar-refractivity contribution in [3.63, 3.8) is 0 Å². The van der Waals surface area contributed by atoms with Crippen LogP contribution in [-0.2, 0) is 36.1 Å². The van der Waals surface area contributed by atoms with E-state index in [-0.39, 0.29) is 76.0 Å². The molecule has 0 bridgehead atoms. The summed E-state index contributed by atoms with van der Waals surface area (Å²) in [5.74, 6) is -0.347. The second-order valence-corrected chi connectivity index (χ2v) is 13.3. The van der Waals surface area contributed by atoms with Gasteiger partial charge in [-0.25, -0.2) is 28.5 Å². The first kappa shape index (κ1) is 33.3. The van der Waals surface area contributed by atoms with Crippen LogP contribution in [-0.4, -0.2) is 61.0 Å². The lowest BCUT2D eigenvalue weighted by atomic mass is 9.69.